The number of thioether (sulfide) groups is 1. The van der Waals surface area contributed by atoms with E-state index in [1.165, 1.54) is 17.7 Å². The summed E-state index contributed by atoms with van der Waals surface area (Å²) < 4.78 is 7.90. The van der Waals surface area contributed by atoms with Crippen LogP contribution in [0.2, 0.25) is 0 Å². The molecule has 1 fully saturated rings. The molecule has 1 aromatic carbocycles. The SMILES string of the molecule is CCc1nncn1CCNC(=NCC1CCCCO1)NCCSc1ccccc1.I. The van der Waals surface area contributed by atoms with Crippen molar-refractivity contribution in [3.63, 3.8) is 0 Å². The summed E-state index contributed by atoms with van der Waals surface area (Å²) in [7, 11) is 0. The second kappa shape index (κ2) is 14.6. The molecule has 1 unspecified atom stereocenters. The van der Waals surface area contributed by atoms with E-state index in [2.05, 4.69) is 56.6 Å². The molecule has 1 aromatic heterocycles. The molecule has 1 aliphatic rings. The molecule has 2 N–H and O–H groups in total. The van der Waals surface area contributed by atoms with Gasteiger partial charge in [0, 0.05) is 43.3 Å². The van der Waals surface area contributed by atoms with Gasteiger partial charge >= 0.3 is 0 Å². The Bertz CT molecular complexity index is 736. The van der Waals surface area contributed by atoms with E-state index in [1.54, 1.807) is 6.33 Å². The first-order chi connectivity index (χ1) is 14.3. The normalized spacial score (nSPS) is 16.7. The number of nitrogens with one attached hydrogen (secondary N) is 2. The van der Waals surface area contributed by atoms with E-state index in [0.717, 1.165) is 56.6 Å². The molecule has 9 heteroatoms. The first kappa shape index (κ1) is 24.9. The number of halogens is 1. The Morgan fingerprint density at radius 2 is 2.07 bits per heavy atom. The minimum absolute atomic E-state index is 0. The second-order valence-corrected chi connectivity index (χ2v) is 8.16. The van der Waals surface area contributed by atoms with E-state index < -0.39 is 0 Å². The predicted molar refractivity (Wildman–Crippen MR) is 134 cm³/mol. The number of aryl methyl sites for hydroxylation is 1. The van der Waals surface area contributed by atoms with E-state index in [1.807, 2.05) is 17.8 Å². The van der Waals surface area contributed by atoms with Crippen LogP contribution in [0.15, 0.2) is 46.5 Å². The molecule has 30 heavy (non-hydrogen) atoms. The summed E-state index contributed by atoms with van der Waals surface area (Å²) in [5, 5.41) is 15.0. The number of benzene rings is 1. The third-order valence-corrected chi connectivity index (χ3v) is 5.80. The zero-order valence-corrected chi connectivity index (χ0v) is 20.8. The number of rotatable bonds is 10. The highest BCUT2D eigenvalue weighted by molar-refractivity contribution is 14.0. The van der Waals surface area contributed by atoms with Crippen molar-refractivity contribution in [1.29, 1.82) is 0 Å². The first-order valence-electron chi connectivity index (χ1n) is 10.5. The Morgan fingerprint density at radius 3 is 2.83 bits per heavy atom. The van der Waals surface area contributed by atoms with Crippen LogP contribution in [0.5, 0.6) is 0 Å². The summed E-state index contributed by atoms with van der Waals surface area (Å²) in [5.74, 6) is 2.84. The molecule has 1 atom stereocenters. The van der Waals surface area contributed by atoms with Gasteiger partial charge in [0.25, 0.3) is 0 Å². The molecule has 166 valence electrons. The van der Waals surface area contributed by atoms with Gasteiger partial charge in [-0.15, -0.1) is 45.9 Å². The zero-order chi connectivity index (χ0) is 20.2. The van der Waals surface area contributed by atoms with Crippen molar-refractivity contribution in [3.8, 4) is 0 Å². The van der Waals surface area contributed by atoms with Crippen molar-refractivity contribution in [2.24, 2.45) is 4.99 Å². The Morgan fingerprint density at radius 1 is 1.23 bits per heavy atom. The molecule has 0 bridgehead atoms. The van der Waals surface area contributed by atoms with E-state index in [0.29, 0.717) is 6.54 Å². The van der Waals surface area contributed by atoms with Gasteiger partial charge in [-0.05, 0) is 31.4 Å². The highest BCUT2D eigenvalue weighted by atomic mass is 127. The fraction of sp³-hybridized carbons (Fsp3) is 0.571. The molecule has 7 nitrogen and oxygen atoms in total. The number of ether oxygens (including phenoxy) is 1. The molecule has 0 radical (unpaired) electrons. The Kier molecular flexibility index (Phi) is 12.2. The number of guanidine groups is 1. The van der Waals surface area contributed by atoms with Gasteiger partial charge in [-0.2, -0.15) is 0 Å². The maximum absolute atomic E-state index is 5.82. The van der Waals surface area contributed by atoms with Gasteiger partial charge in [0.1, 0.15) is 12.2 Å². The molecule has 2 aromatic rings. The van der Waals surface area contributed by atoms with Crippen molar-refractivity contribution in [2.45, 2.75) is 50.2 Å². The van der Waals surface area contributed by atoms with Crippen LogP contribution in [-0.4, -0.2) is 58.8 Å². The Labute approximate surface area is 200 Å². The van der Waals surface area contributed by atoms with Crippen LogP contribution in [0.25, 0.3) is 0 Å². The third kappa shape index (κ3) is 8.81. The van der Waals surface area contributed by atoms with Crippen LogP contribution in [0.3, 0.4) is 0 Å². The molecule has 1 saturated heterocycles. The summed E-state index contributed by atoms with van der Waals surface area (Å²) in [5.41, 5.74) is 0. The lowest BCUT2D eigenvalue weighted by atomic mass is 10.1. The monoisotopic (exact) mass is 544 g/mol. The minimum Gasteiger partial charge on any atom is -0.376 e. The van der Waals surface area contributed by atoms with E-state index in [9.17, 15) is 0 Å². The van der Waals surface area contributed by atoms with Gasteiger partial charge in [-0.1, -0.05) is 25.1 Å². The number of hydrogen-bond acceptors (Lipinski definition) is 5. The predicted octanol–water partition coefficient (Wildman–Crippen LogP) is 3.36. The van der Waals surface area contributed by atoms with E-state index in [4.69, 9.17) is 9.73 Å². The third-order valence-electron chi connectivity index (χ3n) is 4.79. The molecule has 1 aliphatic heterocycles. The van der Waals surface area contributed by atoms with Crippen molar-refractivity contribution in [1.82, 2.24) is 25.4 Å². The fourth-order valence-electron chi connectivity index (χ4n) is 3.21. The number of hydrogen-bond donors (Lipinski definition) is 2. The standard InChI is InChI=1S/C21H32N6OS.HI/c1-2-20-26-25-17-27(20)13-11-22-21(24-16-18-8-6-7-14-28-18)23-12-15-29-19-9-4-3-5-10-19;/h3-5,9-10,17-18H,2,6-8,11-16H2,1H3,(H2,22,23,24);1H. The van der Waals surface area contributed by atoms with Gasteiger partial charge in [-0.25, -0.2) is 0 Å². The van der Waals surface area contributed by atoms with Crippen LogP contribution in [0.4, 0.5) is 0 Å². The number of aromatic nitrogens is 3. The topological polar surface area (TPSA) is 76.4 Å². The number of nitrogens with zero attached hydrogens (tertiary/aromatic N) is 4. The van der Waals surface area contributed by atoms with E-state index in [-0.39, 0.29) is 30.1 Å². The molecule has 0 amide bonds. The van der Waals surface area contributed by atoms with Crippen molar-refractivity contribution in [3.05, 3.63) is 42.5 Å². The second-order valence-electron chi connectivity index (χ2n) is 6.99. The maximum Gasteiger partial charge on any atom is 0.191 e. The average Bonchev–Trinajstić information content (AvgIpc) is 3.23. The minimum atomic E-state index is 0. The van der Waals surface area contributed by atoms with Gasteiger partial charge in [0.2, 0.25) is 0 Å². The summed E-state index contributed by atoms with van der Waals surface area (Å²) in [6, 6.07) is 10.5. The number of aliphatic imine (C=N–C) groups is 1. The summed E-state index contributed by atoms with van der Waals surface area (Å²) in [6.07, 6.45) is 6.41. The zero-order valence-electron chi connectivity index (χ0n) is 17.6. The molecular weight excluding hydrogens is 511 g/mol. The van der Waals surface area contributed by atoms with Gasteiger partial charge in [0.05, 0.1) is 12.6 Å². The smallest absolute Gasteiger partial charge is 0.191 e. The summed E-state index contributed by atoms with van der Waals surface area (Å²) >= 11 is 1.84. The van der Waals surface area contributed by atoms with Crippen LogP contribution in [-0.2, 0) is 17.7 Å². The lowest BCUT2D eigenvalue weighted by Gasteiger charge is -2.21. The van der Waals surface area contributed by atoms with Crippen molar-refractivity contribution in [2.75, 3.05) is 32.0 Å². The van der Waals surface area contributed by atoms with Crippen LogP contribution in [0, 0.1) is 0 Å². The van der Waals surface area contributed by atoms with Gasteiger partial charge in [-0.3, -0.25) is 4.99 Å². The summed E-state index contributed by atoms with van der Waals surface area (Å²) in [6.45, 7) is 6.09. The molecule has 0 aliphatic carbocycles. The van der Waals surface area contributed by atoms with Crippen molar-refractivity contribution < 1.29 is 4.74 Å². The Balaban J connectivity index is 0.00000320. The fourth-order valence-corrected chi connectivity index (χ4v) is 4.00. The van der Waals surface area contributed by atoms with Crippen LogP contribution >= 0.6 is 35.7 Å². The van der Waals surface area contributed by atoms with Crippen molar-refractivity contribution >= 4 is 41.7 Å². The lowest BCUT2D eigenvalue weighted by molar-refractivity contribution is 0.0224. The Hall–Kier alpha value is -1.33. The first-order valence-corrected chi connectivity index (χ1v) is 11.5. The van der Waals surface area contributed by atoms with Gasteiger partial charge in [0.15, 0.2) is 5.96 Å². The van der Waals surface area contributed by atoms with E-state index >= 15 is 0 Å². The lowest BCUT2D eigenvalue weighted by Crippen LogP contribution is -2.40. The molecule has 0 spiro atoms. The van der Waals surface area contributed by atoms with Crippen LogP contribution < -0.4 is 10.6 Å². The average molecular weight is 545 g/mol. The largest absolute Gasteiger partial charge is 0.376 e. The summed E-state index contributed by atoms with van der Waals surface area (Å²) in [4.78, 5) is 6.06. The maximum atomic E-state index is 5.82. The molecule has 3 rings (SSSR count). The highest BCUT2D eigenvalue weighted by Gasteiger charge is 2.13. The highest BCUT2D eigenvalue weighted by Crippen LogP contribution is 2.15. The van der Waals surface area contributed by atoms with Crippen LogP contribution in [0.1, 0.15) is 32.0 Å². The quantitative estimate of drug-likeness (QED) is 0.157. The molecule has 0 saturated carbocycles. The van der Waals surface area contributed by atoms with Gasteiger partial charge < -0.3 is 19.9 Å². The molecule has 2 heterocycles. The molecular formula is C21H33IN6OS.